The number of benzene rings is 1. The molecule has 1 rings (SSSR count). The van der Waals surface area contributed by atoms with Crippen molar-refractivity contribution < 1.29 is 10.0 Å². The van der Waals surface area contributed by atoms with Gasteiger partial charge in [0.2, 0.25) is 0 Å². The average molecular weight is 252 g/mol. The van der Waals surface area contributed by atoms with E-state index >= 15 is 0 Å². The zero-order valence-corrected chi connectivity index (χ0v) is 11.0. The van der Waals surface area contributed by atoms with Crippen molar-refractivity contribution in [2.75, 3.05) is 6.54 Å². The monoisotopic (exact) mass is 252 g/mol. The summed E-state index contributed by atoms with van der Waals surface area (Å²) >= 11 is 0. The fourth-order valence-electron chi connectivity index (χ4n) is 1.75. The van der Waals surface area contributed by atoms with Crippen LogP contribution < -0.4 is 0 Å². The van der Waals surface area contributed by atoms with Gasteiger partial charge in [0.05, 0.1) is 11.0 Å². The van der Waals surface area contributed by atoms with Crippen molar-refractivity contribution in [2.24, 2.45) is 0 Å². The number of nitro benzene ring substituents is 1. The number of hydrogen-bond donors (Lipinski definition) is 1. The largest absolute Gasteiger partial charge is 0.392 e. The van der Waals surface area contributed by atoms with Crippen LogP contribution in [0.4, 0.5) is 5.69 Å². The number of nitro groups is 1. The lowest BCUT2D eigenvalue weighted by atomic mass is 10.1. The summed E-state index contributed by atoms with van der Waals surface area (Å²) in [4.78, 5) is 12.3. The highest BCUT2D eigenvalue weighted by molar-refractivity contribution is 5.32. The molecule has 0 saturated heterocycles. The lowest BCUT2D eigenvalue weighted by molar-refractivity contribution is -0.384. The quantitative estimate of drug-likeness (QED) is 0.622. The topological polar surface area (TPSA) is 66.6 Å². The standard InChI is InChI=1S/C13H20N2O3/c1-10(2)14(8-11(3)16)9-12-4-6-13(7-5-12)15(17)18/h4-7,10-11,16H,8-9H2,1-3H3. The Balaban J connectivity index is 2.72. The van der Waals surface area contributed by atoms with E-state index in [0.29, 0.717) is 19.1 Å². The molecule has 1 atom stereocenters. The summed E-state index contributed by atoms with van der Waals surface area (Å²) in [5, 5.41) is 20.0. The summed E-state index contributed by atoms with van der Waals surface area (Å²) < 4.78 is 0. The number of non-ortho nitro benzene ring substituents is 1. The van der Waals surface area contributed by atoms with E-state index in [1.54, 1.807) is 19.1 Å². The van der Waals surface area contributed by atoms with E-state index in [1.165, 1.54) is 12.1 Å². The van der Waals surface area contributed by atoms with E-state index in [-0.39, 0.29) is 11.8 Å². The lowest BCUT2D eigenvalue weighted by Gasteiger charge is -2.27. The van der Waals surface area contributed by atoms with E-state index in [0.717, 1.165) is 5.56 Å². The summed E-state index contributed by atoms with van der Waals surface area (Å²) in [7, 11) is 0. The van der Waals surface area contributed by atoms with E-state index in [9.17, 15) is 15.2 Å². The van der Waals surface area contributed by atoms with Crippen LogP contribution in [-0.4, -0.2) is 33.6 Å². The molecule has 0 spiro atoms. The Bertz CT molecular complexity index is 388. The summed E-state index contributed by atoms with van der Waals surface area (Å²) in [6.45, 7) is 7.15. The summed E-state index contributed by atoms with van der Waals surface area (Å²) in [6, 6.07) is 6.85. The summed E-state index contributed by atoms with van der Waals surface area (Å²) in [5.74, 6) is 0. The van der Waals surface area contributed by atoms with Crippen LogP contribution in [0.3, 0.4) is 0 Å². The Morgan fingerprint density at radius 2 is 1.83 bits per heavy atom. The molecule has 0 aliphatic heterocycles. The normalized spacial score (nSPS) is 13.0. The highest BCUT2D eigenvalue weighted by atomic mass is 16.6. The summed E-state index contributed by atoms with van der Waals surface area (Å²) in [5.41, 5.74) is 1.11. The number of hydrogen-bond acceptors (Lipinski definition) is 4. The molecule has 1 aromatic rings. The Morgan fingerprint density at radius 3 is 2.22 bits per heavy atom. The summed E-state index contributed by atoms with van der Waals surface area (Å²) in [6.07, 6.45) is -0.384. The number of rotatable bonds is 6. The molecule has 1 aromatic carbocycles. The maximum absolute atomic E-state index is 10.6. The van der Waals surface area contributed by atoms with Gasteiger partial charge < -0.3 is 5.11 Å². The van der Waals surface area contributed by atoms with Crippen molar-refractivity contribution in [1.82, 2.24) is 4.90 Å². The molecular weight excluding hydrogens is 232 g/mol. The molecule has 0 radical (unpaired) electrons. The van der Waals surface area contributed by atoms with E-state index in [4.69, 9.17) is 0 Å². The second kappa shape index (κ2) is 6.47. The Morgan fingerprint density at radius 1 is 1.28 bits per heavy atom. The minimum Gasteiger partial charge on any atom is -0.392 e. The van der Waals surface area contributed by atoms with Gasteiger partial charge in [0.15, 0.2) is 0 Å². The Labute approximate surface area is 107 Å². The fraction of sp³-hybridized carbons (Fsp3) is 0.538. The minimum atomic E-state index is -0.403. The molecule has 0 amide bonds. The maximum Gasteiger partial charge on any atom is 0.269 e. The van der Waals surface area contributed by atoms with Gasteiger partial charge in [-0.25, -0.2) is 0 Å². The number of aliphatic hydroxyl groups is 1. The second-order valence-corrected chi connectivity index (χ2v) is 4.80. The van der Waals surface area contributed by atoms with E-state index < -0.39 is 4.92 Å². The molecule has 0 bridgehead atoms. The van der Waals surface area contributed by atoms with Crippen molar-refractivity contribution in [3.05, 3.63) is 39.9 Å². The smallest absolute Gasteiger partial charge is 0.269 e. The minimum absolute atomic E-state index is 0.102. The first-order chi connectivity index (χ1) is 8.40. The predicted molar refractivity (Wildman–Crippen MR) is 70.3 cm³/mol. The molecule has 100 valence electrons. The van der Waals surface area contributed by atoms with Gasteiger partial charge in [-0.2, -0.15) is 0 Å². The average Bonchev–Trinajstić information content (AvgIpc) is 2.28. The van der Waals surface area contributed by atoms with Crippen molar-refractivity contribution in [1.29, 1.82) is 0 Å². The van der Waals surface area contributed by atoms with Crippen LogP contribution in [0.1, 0.15) is 26.3 Å². The maximum atomic E-state index is 10.6. The van der Waals surface area contributed by atoms with Crippen molar-refractivity contribution in [3.63, 3.8) is 0 Å². The molecule has 5 heteroatoms. The molecule has 5 nitrogen and oxygen atoms in total. The van der Waals surface area contributed by atoms with Crippen molar-refractivity contribution in [3.8, 4) is 0 Å². The Hall–Kier alpha value is -1.46. The molecule has 0 saturated carbocycles. The van der Waals surface area contributed by atoms with Crippen LogP contribution >= 0.6 is 0 Å². The molecule has 18 heavy (non-hydrogen) atoms. The van der Waals surface area contributed by atoms with Gasteiger partial charge in [0.1, 0.15) is 0 Å². The lowest BCUT2D eigenvalue weighted by Crippen LogP contribution is -2.36. The number of nitrogens with zero attached hydrogens (tertiary/aromatic N) is 2. The third-order valence-corrected chi connectivity index (χ3v) is 2.76. The first-order valence-corrected chi connectivity index (χ1v) is 6.05. The van der Waals surface area contributed by atoms with Crippen LogP contribution in [-0.2, 0) is 6.54 Å². The molecule has 1 unspecified atom stereocenters. The first kappa shape index (κ1) is 14.6. The zero-order chi connectivity index (χ0) is 13.7. The highest BCUT2D eigenvalue weighted by Gasteiger charge is 2.13. The van der Waals surface area contributed by atoms with Crippen LogP contribution in [0.2, 0.25) is 0 Å². The predicted octanol–water partition coefficient (Wildman–Crippen LogP) is 2.19. The molecule has 1 N–H and O–H groups in total. The van der Waals surface area contributed by atoms with Crippen LogP contribution in [0.25, 0.3) is 0 Å². The molecule has 0 aliphatic carbocycles. The van der Waals surface area contributed by atoms with E-state index in [1.807, 2.05) is 0 Å². The SMILES string of the molecule is CC(O)CN(Cc1ccc([N+](=O)[O-])cc1)C(C)C. The molecule has 0 heterocycles. The van der Waals surface area contributed by atoms with Gasteiger partial charge in [-0.15, -0.1) is 0 Å². The first-order valence-electron chi connectivity index (χ1n) is 6.05. The van der Waals surface area contributed by atoms with Crippen molar-refractivity contribution >= 4 is 5.69 Å². The van der Waals surface area contributed by atoms with E-state index in [2.05, 4.69) is 18.7 Å². The van der Waals surface area contributed by atoms with Crippen molar-refractivity contribution in [2.45, 2.75) is 39.5 Å². The molecule has 0 fully saturated rings. The van der Waals surface area contributed by atoms with Crippen LogP contribution in [0.5, 0.6) is 0 Å². The second-order valence-electron chi connectivity index (χ2n) is 4.80. The third-order valence-electron chi connectivity index (χ3n) is 2.76. The molecular formula is C13H20N2O3. The molecule has 0 aliphatic rings. The third kappa shape index (κ3) is 4.43. The van der Waals surface area contributed by atoms with Gasteiger partial charge >= 0.3 is 0 Å². The highest BCUT2D eigenvalue weighted by Crippen LogP contribution is 2.14. The van der Waals surface area contributed by atoms with Gasteiger partial charge in [0.25, 0.3) is 5.69 Å². The zero-order valence-electron chi connectivity index (χ0n) is 11.0. The van der Waals surface area contributed by atoms with Gasteiger partial charge in [-0.1, -0.05) is 12.1 Å². The van der Waals surface area contributed by atoms with Crippen LogP contribution in [0.15, 0.2) is 24.3 Å². The van der Waals surface area contributed by atoms with Gasteiger partial charge in [0, 0.05) is 31.3 Å². The fourth-order valence-corrected chi connectivity index (χ4v) is 1.75. The Kier molecular flexibility index (Phi) is 5.25. The molecule has 0 aromatic heterocycles. The van der Waals surface area contributed by atoms with Gasteiger partial charge in [-0.05, 0) is 26.3 Å². The van der Waals surface area contributed by atoms with Crippen LogP contribution in [0, 0.1) is 10.1 Å². The van der Waals surface area contributed by atoms with Gasteiger partial charge in [-0.3, -0.25) is 15.0 Å². The number of aliphatic hydroxyl groups excluding tert-OH is 1.